The Balaban J connectivity index is 2.14. The highest BCUT2D eigenvalue weighted by Crippen LogP contribution is 2.55. The second-order valence-corrected chi connectivity index (χ2v) is 9.26. The molecule has 0 bridgehead atoms. The van der Waals surface area contributed by atoms with Gasteiger partial charge < -0.3 is 48.3 Å². The molecule has 2 aliphatic heterocycles. The molecule has 0 unspecified atom stereocenters. The highest BCUT2D eigenvalue weighted by Gasteiger charge is 2.71. The first-order valence-corrected chi connectivity index (χ1v) is 12.2. The summed E-state index contributed by atoms with van der Waals surface area (Å²) in [5.74, 6) is -9.55. The molecule has 1 aliphatic carbocycles. The second kappa shape index (κ2) is 11.1. The molecule has 17 nitrogen and oxygen atoms in total. The van der Waals surface area contributed by atoms with Crippen LogP contribution in [-0.2, 0) is 62.8 Å². The van der Waals surface area contributed by atoms with Crippen molar-refractivity contribution in [2.24, 2.45) is 0 Å². The number of aromatic hydroxyl groups is 1. The number of methoxy groups -OCH3 is 1. The zero-order valence-corrected chi connectivity index (χ0v) is 22.7. The summed E-state index contributed by atoms with van der Waals surface area (Å²) in [6.07, 6.45) is -7.54. The van der Waals surface area contributed by atoms with Crippen LogP contribution in [0.5, 0.6) is 17.2 Å². The van der Waals surface area contributed by atoms with E-state index in [2.05, 4.69) is 10.1 Å². The average molecular weight is 595 g/mol. The number of hydrogen-bond acceptors (Lipinski definition) is 16. The topological polar surface area (TPSA) is 226 Å². The minimum Gasteiger partial charge on any atom is -0.504 e. The minimum absolute atomic E-state index is 0.162. The first-order valence-electron chi connectivity index (χ1n) is 12.2. The molecular weight excluding hydrogens is 570 g/mol. The monoisotopic (exact) mass is 595 g/mol. The molecule has 1 saturated carbocycles. The molecular formula is C25H25NO16. The lowest BCUT2D eigenvalue weighted by atomic mass is 9.65. The number of phenolic OH excluding ortho intramolecular Hbond substituents is 1. The van der Waals surface area contributed by atoms with Gasteiger partial charge >= 0.3 is 35.8 Å². The summed E-state index contributed by atoms with van der Waals surface area (Å²) in [6, 6.07) is -0.721. The summed E-state index contributed by atoms with van der Waals surface area (Å²) in [7, 11) is 0.865. The van der Waals surface area contributed by atoms with Crippen LogP contribution in [-0.4, -0.2) is 91.2 Å². The van der Waals surface area contributed by atoms with Gasteiger partial charge in [0.05, 0.1) is 12.7 Å². The maximum atomic E-state index is 13.5. The Labute approximate surface area is 236 Å². The molecule has 0 radical (unpaired) electrons. The van der Waals surface area contributed by atoms with Crippen molar-refractivity contribution in [3.05, 3.63) is 17.2 Å². The molecule has 1 fully saturated rings. The van der Waals surface area contributed by atoms with Crippen molar-refractivity contribution in [3.63, 3.8) is 0 Å². The summed E-state index contributed by atoms with van der Waals surface area (Å²) in [5, 5.41) is 13.5. The Morgan fingerprint density at radius 3 is 2.00 bits per heavy atom. The Bertz CT molecular complexity index is 1390. The van der Waals surface area contributed by atoms with Crippen LogP contribution in [0.3, 0.4) is 0 Å². The molecule has 1 amide bonds. The van der Waals surface area contributed by atoms with E-state index in [0.717, 1.165) is 40.9 Å². The molecule has 1 aromatic carbocycles. The van der Waals surface area contributed by atoms with Crippen LogP contribution in [0.15, 0.2) is 6.07 Å². The normalized spacial score (nSPS) is 26.8. The standard InChI is InChI=1S/C25H25NO16/c1-8(27)38-17-18(39-9(2)28)20-25(42-24(34)23(33)35-5,21(41-11(4)30)19(17)40-10(3)29)12-6-13-16(37-7-36-13)15(31)14(12)22(32)26-20/h6,17-21,31H,7H2,1-5H3,(H,26,32)/t17-,18+,19+,20-,21-,25+/m0/s1. The zero-order chi connectivity index (χ0) is 31.1. The molecule has 2 heterocycles. The summed E-state index contributed by atoms with van der Waals surface area (Å²) in [5.41, 5.74) is -3.66. The number of fused-ring (bicyclic) bond motifs is 4. The van der Waals surface area contributed by atoms with Gasteiger partial charge in [0.15, 0.2) is 35.9 Å². The first-order chi connectivity index (χ1) is 19.7. The van der Waals surface area contributed by atoms with E-state index in [4.69, 9.17) is 33.2 Å². The van der Waals surface area contributed by atoms with E-state index in [-0.39, 0.29) is 18.3 Å². The molecule has 4 rings (SSSR count). The van der Waals surface area contributed by atoms with Crippen molar-refractivity contribution >= 4 is 41.7 Å². The quantitative estimate of drug-likeness (QED) is 0.234. The fourth-order valence-corrected chi connectivity index (χ4v) is 5.26. The molecule has 42 heavy (non-hydrogen) atoms. The van der Waals surface area contributed by atoms with Crippen LogP contribution in [0.1, 0.15) is 43.6 Å². The summed E-state index contributed by atoms with van der Waals surface area (Å²) >= 11 is 0. The maximum absolute atomic E-state index is 13.5. The zero-order valence-electron chi connectivity index (χ0n) is 22.7. The van der Waals surface area contributed by atoms with Gasteiger partial charge in [0, 0.05) is 33.3 Å². The van der Waals surface area contributed by atoms with E-state index < -0.39 is 94.7 Å². The maximum Gasteiger partial charge on any atom is 0.418 e. The summed E-state index contributed by atoms with van der Waals surface area (Å²) in [4.78, 5) is 88.2. The van der Waals surface area contributed by atoms with Gasteiger partial charge in [0.2, 0.25) is 18.1 Å². The number of ether oxygens (including phenoxy) is 8. The lowest BCUT2D eigenvalue weighted by molar-refractivity contribution is -0.268. The van der Waals surface area contributed by atoms with Crippen LogP contribution in [0.2, 0.25) is 0 Å². The van der Waals surface area contributed by atoms with Crippen LogP contribution in [0.25, 0.3) is 0 Å². The molecule has 0 aromatic heterocycles. The predicted molar refractivity (Wildman–Crippen MR) is 127 cm³/mol. The van der Waals surface area contributed by atoms with E-state index >= 15 is 0 Å². The fraction of sp³-hybridized carbons (Fsp3) is 0.480. The van der Waals surface area contributed by atoms with E-state index in [9.17, 15) is 38.7 Å². The number of esters is 6. The number of rotatable bonds is 5. The number of benzene rings is 1. The number of hydrogen-bond donors (Lipinski definition) is 2. The van der Waals surface area contributed by atoms with Crippen LogP contribution < -0.4 is 14.8 Å². The largest absolute Gasteiger partial charge is 0.504 e. The minimum atomic E-state index is -2.64. The van der Waals surface area contributed by atoms with E-state index in [1.807, 2.05) is 0 Å². The second-order valence-electron chi connectivity index (χ2n) is 9.26. The number of carbonyl (C=O) groups excluding carboxylic acids is 7. The van der Waals surface area contributed by atoms with Crippen LogP contribution in [0, 0.1) is 0 Å². The third-order valence-corrected chi connectivity index (χ3v) is 6.54. The third-order valence-electron chi connectivity index (χ3n) is 6.54. The molecule has 2 N–H and O–H groups in total. The van der Waals surface area contributed by atoms with Crippen LogP contribution in [0.4, 0.5) is 0 Å². The highest BCUT2D eigenvalue weighted by atomic mass is 16.7. The molecule has 0 spiro atoms. The van der Waals surface area contributed by atoms with Crippen molar-refractivity contribution < 1.29 is 76.6 Å². The summed E-state index contributed by atoms with van der Waals surface area (Å²) in [6.45, 7) is 3.45. The molecule has 226 valence electrons. The highest BCUT2D eigenvalue weighted by molar-refractivity contribution is 6.29. The fourth-order valence-electron chi connectivity index (χ4n) is 5.26. The van der Waals surface area contributed by atoms with E-state index in [0.29, 0.717) is 0 Å². The SMILES string of the molecule is COC(=O)C(=O)O[C@]12c3cc4c(c(O)c3C(=O)N[C@H]1[C@H](OC(C)=O)[C@H](OC(C)=O)[C@@H](OC(C)=O)[C@@H]2OC(C)=O)OCO4. The van der Waals surface area contributed by atoms with E-state index in [1.54, 1.807) is 0 Å². The van der Waals surface area contributed by atoms with Gasteiger partial charge in [-0.2, -0.15) is 0 Å². The third kappa shape index (κ3) is 4.97. The Hall–Kier alpha value is -5.09. The number of nitrogens with one attached hydrogen (secondary N) is 1. The Kier molecular flexibility index (Phi) is 7.87. The Morgan fingerprint density at radius 2 is 1.43 bits per heavy atom. The molecule has 6 atom stereocenters. The van der Waals surface area contributed by atoms with E-state index in [1.165, 1.54) is 0 Å². The number of carbonyl (C=O) groups is 7. The molecule has 3 aliphatic rings. The van der Waals surface area contributed by atoms with Gasteiger partial charge in [-0.15, -0.1) is 0 Å². The van der Waals surface area contributed by atoms with Crippen molar-refractivity contribution in [3.8, 4) is 17.2 Å². The predicted octanol–water partition coefficient (Wildman–Crippen LogP) is -1.12. The van der Waals surface area contributed by atoms with Gasteiger partial charge in [-0.05, 0) is 6.07 Å². The van der Waals surface area contributed by atoms with Gasteiger partial charge in [0.1, 0.15) is 6.04 Å². The molecule has 17 heteroatoms. The van der Waals surface area contributed by atoms with Gasteiger partial charge in [-0.25, -0.2) is 9.59 Å². The average Bonchev–Trinajstić information content (AvgIpc) is 3.37. The van der Waals surface area contributed by atoms with Crippen molar-refractivity contribution in [1.29, 1.82) is 0 Å². The van der Waals surface area contributed by atoms with Crippen molar-refractivity contribution in [2.45, 2.75) is 63.8 Å². The van der Waals surface area contributed by atoms with Crippen molar-refractivity contribution in [2.75, 3.05) is 13.9 Å². The van der Waals surface area contributed by atoms with Gasteiger partial charge in [0.25, 0.3) is 5.91 Å². The number of phenols is 1. The lowest BCUT2D eigenvalue weighted by Crippen LogP contribution is -2.78. The van der Waals surface area contributed by atoms with Gasteiger partial charge in [-0.3, -0.25) is 24.0 Å². The first kappa shape index (κ1) is 29.9. The van der Waals surface area contributed by atoms with Gasteiger partial charge in [-0.1, -0.05) is 0 Å². The lowest BCUT2D eigenvalue weighted by Gasteiger charge is -2.56. The number of amides is 1. The van der Waals surface area contributed by atoms with Crippen LogP contribution >= 0.6 is 0 Å². The van der Waals surface area contributed by atoms with Crippen molar-refractivity contribution in [1.82, 2.24) is 5.32 Å². The molecule has 0 saturated heterocycles. The smallest absolute Gasteiger partial charge is 0.418 e. The molecule has 1 aromatic rings. The summed E-state index contributed by atoms with van der Waals surface area (Å²) < 4.78 is 42.5. The Morgan fingerprint density at radius 1 is 0.857 bits per heavy atom.